The van der Waals surface area contributed by atoms with E-state index in [1.807, 2.05) is 0 Å². The lowest BCUT2D eigenvalue weighted by molar-refractivity contribution is 0.161. The second-order valence-corrected chi connectivity index (χ2v) is 6.59. The van der Waals surface area contributed by atoms with Gasteiger partial charge in [-0.15, -0.1) is 0 Å². The van der Waals surface area contributed by atoms with Gasteiger partial charge in [-0.1, -0.05) is 43.3 Å². The first-order valence-electron chi connectivity index (χ1n) is 8.27. The van der Waals surface area contributed by atoms with Crippen LogP contribution in [0.3, 0.4) is 0 Å². The van der Waals surface area contributed by atoms with Gasteiger partial charge in [-0.3, -0.25) is 4.90 Å². The van der Waals surface area contributed by atoms with Crippen LogP contribution in [-0.2, 0) is 13.0 Å². The Morgan fingerprint density at radius 3 is 2.82 bits per heavy atom. The minimum atomic E-state index is 0.511. The Hall–Kier alpha value is -2.06. The highest BCUT2D eigenvalue weighted by Gasteiger charge is 2.39. The summed E-state index contributed by atoms with van der Waals surface area (Å²) >= 11 is 0. The van der Waals surface area contributed by atoms with Gasteiger partial charge < -0.3 is 4.98 Å². The Balaban J connectivity index is 1.81. The predicted octanol–water partition coefficient (Wildman–Crippen LogP) is 4.06. The summed E-state index contributed by atoms with van der Waals surface area (Å²) in [6, 6.07) is 16.4. The molecule has 5 rings (SSSR count). The molecule has 0 amide bonds. The molecule has 2 aliphatic rings. The molecule has 1 aliphatic heterocycles. The van der Waals surface area contributed by atoms with Crippen LogP contribution in [0.4, 0.5) is 0 Å². The Bertz CT molecular complexity index is 861. The van der Waals surface area contributed by atoms with Crippen molar-refractivity contribution in [3.05, 3.63) is 70.9 Å². The molecular weight excluding hydrogens is 268 g/mol. The fourth-order valence-corrected chi connectivity index (χ4v) is 4.64. The molecule has 0 unspecified atom stereocenters. The maximum Gasteiger partial charge on any atom is 0.0459 e. The molecule has 1 aromatic heterocycles. The van der Waals surface area contributed by atoms with Crippen molar-refractivity contribution in [1.82, 2.24) is 9.88 Å². The van der Waals surface area contributed by atoms with E-state index in [2.05, 4.69) is 65.5 Å². The van der Waals surface area contributed by atoms with Crippen LogP contribution in [0.5, 0.6) is 0 Å². The maximum absolute atomic E-state index is 3.47. The topological polar surface area (TPSA) is 19.0 Å². The van der Waals surface area contributed by atoms with Gasteiger partial charge in [-0.25, -0.2) is 0 Å². The van der Waals surface area contributed by atoms with Crippen LogP contribution < -0.4 is 0 Å². The van der Waals surface area contributed by atoms with Crippen molar-refractivity contribution in [2.45, 2.75) is 31.8 Å². The Morgan fingerprint density at radius 1 is 1.05 bits per heavy atom. The predicted molar refractivity (Wildman–Crippen MR) is 90.2 cm³/mol. The Morgan fingerprint density at radius 2 is 1.91 bits per heavy atom. The van der Waals surface area contributed by atoms with Gasteiger partial charge in [-0.2, -0.15) is 0 Å². The van der Waals surface area contributed by atoms with Crippen molar-refractivity contribution in [3.8, 4) is 0 Å². The lowest BCUT2D eigenvalue weighted by atomic mass is 9.72. The summed E-state index contributed by atoms with van der Waals surface area (Å²) in [5.74, 6) is 0.511. The second kappa shape index (κ2) is 4.47. The number of aromatic amines is 1. The van der Waals surface area contributed by atoms with Crippen LogP contribution in [0, 0.1) is 0 Å². The molecule has 0 fully saturated rings. The van der Waals surface area contributed by atoms with Crippen molar-refractivity contribution in [3.63, 3.8) is 0 Å². The number of fused-ring (bicyclic) bond motifs is 4. The summed E-state index contributed by atoms with van der Waals surface area (Å²) in [6.45, 7) is 4.49. The van der Waals surface area contributed by atoms with Crippen LogP contribution in [0.25, 0.3) is 10.9 Å². The van der Waals surface area contributed by atoms with E-state index < -0.39 is 0 Å². The highest BCUT2D eigenvalue weighted by Crippen LogP contribution is 2.46. The lowest BCUT2D eigenvalue weighted by Crippen LogP contribution is -2.46. The summed E-state index contributed by atoms with van der Waals surface area (Å²) in [5, 5.41) is 1.47. The van der Waals surface area contributed by atoms with E-state index in [-0.39, 0.29) is 0 Å². The summed E-state index contributed by atoms with van der Waals surface area (Å²) in [4.78, 5) is 6.12. The number of aromatic nitrogens is 1. The molecule has 0 saturated carbocycles. The number of nitrogens with one attached hydrogen (secondary N) is 1. The van der Waals surface area contributed by atoms with Crippen molar-refractivity contribution in [2.24, 2.45) is 0 Å². The van der Waals surface area contributed by atoms with Crippen LogP contribution in [0.2, 0.25) is 0 Å². The van der Waals surface area contributed by atoms with Gasteiger partial charge in [0.2, 0.25) is 0 Å². The summed E-state index contributed by atoms with van der Waals surface area (Å²) in [7, 11) is 0. The smallest absolute Gasteiger partial charge is 0.0459 e. The number of benzene rings is 2. The fraction of sp³-hybridized carbons (Fsp3) is 0.300. The molecule has 22 heavy (non-hydrogen) atoms. The molecule has 1 aliphatic carbocycles. The molecule has 2 heterocycles. The van der Waals surface area contributed by atoms with Gasteiger partial charge in [0.15, 0.2) is 0 Å². The minimum Gasteiger partial charge on any atom is -0.361 e. The monoisotopic (exact) mass is 288 g/mol. The fourth-order valence-electron chi connectivity index (χ4n) is 4.64. The summed E-state index contributed by atoms with van der Waals surface area (Å²) < 4.78 is 0. The number of hydrogen-bond donors (Lipinski definition) is 1. The van der Waals surface area contributed by atoms with Gasteiger partial charge >= 0.3 is 0 Å². The Kier molecular flexibility index (Phi) is 2.53. The van der Waals surface area contributed by atoms with Crippen molar-refractivity contribution >= 4 is 10.9 Å². The molecule has 2 heteroatoms. The molecule has 110 valence electrons. The zero-order chi connectivity index (χ0) is 14.7. The highest BCUT2D eigenvalue weighted by molar-refractivity contribution is 5.89. The van der Waals surface area contributed by atoms with Crippen LogP contribution in [0.15, 0.2) is 48.7 Å². The van der Waals surface area contributed by atoms with Gasteiger partial charge in [0, 0.05) is 35.6 Å². The minimum absolute atomic E-state index is 0.511. The first-order chi connectivity index (χ1) is 10.9. The number of nitrogens with zero attached hydrogens (tertiary/aromatic N) is 1. The van der Waals surface area contributed by atoms with Gasteiger partial charge in [0.1, 0.15) is 0 Å². The summed E-state index contributed by atoms with van der Waals surface area (Å²) in [5.41, 5.74) is 7.33. The number of hydrogen-bond acceptors (Lipinski definition) is 1. The number of likely N-dealkylation sites (N-methyl/N-ethyl adjacent to an activating group) is 1. The third-order valence-corrected chi connectivity index (χ3v) is 5.61. The molecule has 0 bridgehead atoms. The van der Waals surface area contributed by atoms with Crippen LogP contribution in [-0.4, -0.2) is 22.5 Å². The number of rotatable bonds is 1. The SMILES string of the molecule is CCN1Cc2ccccc2[C@@H]2c3cccc4[nH]cc(c34)C[C@H]21. The van der Waals surface area contributed by atoms with E-state index in [0.717, 1.165) is 19.5 Å². The molecule has 0 spiro atoms. The molecule has 0 radical (unpaired) electrons. The molecular formula is C20H20N2. The lowest BCUT2D eigenvalue weighted by Gasteiger charge is -2.44. The third-order valence-electron chi connectivity index (χ3n) is 5.61. The molecule has 0 saturated heterocycles. The molecule has 2 nitrogen and oxygen atoms in total. The first kappa shape index (κ1) is 12.5. The highest BCUT2D eigenvalue weighted by atomic mass is 15.2. The van der Waals surface area contributed by atoms with Crippen molar-refractivity contribution in [1.29, 1.82) is 0 Å². The van der Waals surface area contributed by atoms with E-state index in [1.165, 1.54) is 33.2 Å². The average molecular weight is 288 g/mol. The zero-order valence-corrected chi connectivity index (χ0v) is 12.8. The molecule has 1 N–H and O–H groups in total. The Labute approximate surface area is 130 Å². The molecule has 2 atom stereocenters. The maximum atomic E-state index is 3.47. The number of H-pyrrole nitrogens is 1. The quantitative estimate of drug-likeness (QED) is 0.715. The van der Waals surface area contributed by atoms with E-state index in [9.17, 15) is 0 Å². The van der Waals surface area contributed by atoms with E-state index in [0.29, 0.717) is 12.0 Å². The van der Waals surface area contributed by atoms with Gasteiger partial charge in [-0.05, 0) is 41.3 Å². The van der Waals surface area contributed by atoms with E-state index in [4.69, 9.17) is 0 Å². The molecule has 2 aromatic carbocycles. The average Bonchev–Trinajstić information content (AvgIpc) is 2.98. The molecule has 3 aromatic rings. The van der Waals surface area contributed by atoms with Crippen LogP contribution >= 0.6 is 0 Å². The van der Waals surface area contributed by atoms with Gasteiger partial charge in [0.05, 0.1) is 0 Å². The van der Waals surface area contributed by atoms with E-state index in [1.54, 1.807) is 0 Å². The third kappa shape index (κ3) is 1.53. The van der Waals surface area contributed by atoms with Gasteiger partial charge in [0.25, 0.3) is 0 Å². The van der Waals surface area contributed by atoms with E-state index >= 15 is 0 Å². The normalized spacial score (nSPS) is 23.3. The van der Waals surface area contributed by atoms with Crippen LogP contribution in [0.1, 0.15) is 35.1 Å². The largest absolute Gasteiger partial charge is 0.361 e. The summed E-state index contributed by atoms with van der Waals surface area (Å²) in [6.07, 6.45) is 3.38. The zero-order valence-electron chi connectivity index (χ0n) is 12.8. The standard InChI is InChI=1S/C20H20N2/c1-2-22-12-13-6-3-4-7-15(13)20-16-8-5-9-17-19(16)14(11-21-17)10-18(20)22/h3-9,11,18,20-21H,2,10,12H2,1H3/t18-,20-/m1/s1. The second-order valence-electron chi connectivity index (χ2n) is 6.59. The van der Waals surface area contributed by atoms with Crippen molar-refractivity contribution < 1.29 is 0 Å². The van der Waals surface area contributed by atoms with Crippen molar-refractivity contribution in [2.75, 3.05) is 6.54 Å². The first-order valence-corrected chi connectivity index (χ1v) is 8.27.